The molecule has 6 heteroatoms. The lowest BCUT2D eigenvalue weighted by atomic mass is 10.1. The zero-order valence-corrected chi connectivity index (χ0v) is 10.5. The lowest BCUT2D eigenvalue weighted by Crippen LogP contribution is -2.36. The van der Waals surface area contributed by atoms with Crippen molar-refractivity contribution in [2.75, 3.05) is 6.61 Å². The highest BCUT2D eigenvalue weighted by Crippen LogP contribution is 2.19. The first kappa shape index (κ1) is 14.9. The summed E-state index contributed by atoms with van der Waals surface area (Å²) in [5.41, 5.74) is -0.106. The van der Waals surface area contributed by atoms with E-state index in [1.807, 2.05) is 0 Å². The molecule has 0 aromatic heterocycles. The van der Waals surface area contributed by atoms with Crippen molar-refractivity contribution in [1.29, 1.82) is 0 Å². The van der Waals surface area contributed by atoms with E-state index >= 15 is 0 Å². The van der Waals surface area contributed by atoms with Crippen LogP contribution in [0, 0.1) is 11.6 Å². The highest BCUT2D eigenvalue weighted by Gasteiger charge is 2.22. The summed E-state index contributed by atoms with van der Waals surface area (Å²) >= 11 is 5.71. The van der Waals surface area contributed by atoms with E-state index in [9.17, 15) is 13.6 Å². The fraction of sp³-hybridized carbons (Fsp3) is 0.417. The topological polar surface area (TPSA) is 49.3 Å². The summed E-state index contributed by atoms with van der Waals surface area (Å²) in [5, 5.41) is 10.8. The van der Waals surface area contributed by atoms with E-state index < -0.39 is 35.6 Å². The van der Waals surface area contributed by atoms with E-state index in [1.54, 1.807) is 6.92 Å². The van der Waals surface area contributed by atoms with Crippen LogP contribution < -0.4 is 5.32 Å². The average Bonchev–Trinajstić information content (AvgIpc) is 2.38. The quantitative estimate of drug-likeness (QED) is 0.810. The number of aliphatic hydroxyl groups excluding tert-OH is 1. The van der Waals surface area contributed by atoms with Gasteiger partial charge < -0.3 is 10.4 Å². The van der Waals surface area contributed by atoms with Gasteiger partial charge in [-0.15, -0.1) is 11.6 Å². The Hall–Kier alpha value is -1.20. The number of benzene rings is 1. The van der Waals surface area contributed by atoms with Crippen molar-refractivity contribution in [2.45, 2.75) is 24.8 Å². The number of hydrogen-bond acceptors (Lipinski definition) is 2. The minimum Gasteiger partial charge on any atom is -0.394 e. The first-order valence-electron chi connectivity index (χ1n) is 5.50. The Morgan fingerprint density at radius 2 is 2.17 bits per heavy atom. The van der Waals surface area contributed by atoms with Gasteiger partial charge in [-0.1, -0.05) is 19.1 Å². The lowest BCUT2D eigenvalue weighted by molar-refractivity contribution is -0.121. The van der Waals surface area contributed by atoms with Gasteiger partial charge in [-0.05, 0) is 12.5 Å². The second-order valence-electron chi connectivity index (χ2n) is 3.76. The van der Waals surface area contributed by atoms with Crippen LogP contribution in [0.5, 0.6) is 0 Å². The molecule has 0 radical (unpaired) electrons. The first-order valence-corrected chi connectivity index (χ1v) is 5.94. The Morgan fingerprint density at radius 1 is 1.50 bits per heavy atom. The SMILES string of the molecule is CCC(Cl)C(=O)N[C@@H](CO)c1cccc(F)c1F. The van der Waals surface area contributed by atoms with Crippen LogP contribution in [-0.4, -0.2) is 23.0 Å². The van der Waals surface area contributed by atoms with Gasteiger partial charge in [0, 0.05) is 5.56 Å². The van der Waals surface area contributed by atoms with E-state index in [1.165, 1.54) is 12.1 Å². The van der Waals surface area contributed by atoms with Gasteiger partial charge in [-0.25, -0.2) is 8.78 Å². The minimum absolute atomic E-state index is 0.106. The van der Waals surface area contributed by atoms with Crippen LogP contribution in [0.15, 0.2) is 18.2 Å². The van der Waals surface area contributed by atoms with Crippen molar-refractivity contribution in [1.82, 2.24) is 5.32 Å². The van der Waals surface area contributed by atoms with Gasteiger partial charge in [0.15, 0.2) is 11.6 Å². The highest BCUT2D eigenvalue weighted by molar-refractivity contribution is 6.30. The third kappa shape index (κ3) is 3.40. The largest absolute Gasteiger partial charge is 0.394 e. The standard InChI is InChI=1S/C12H14ClF2NO2/c1-2-8(13)12(18)16-10(6-17)7-4-3-5-9(14)11(7)15/h3-5,8,10,17H,2,6H2,1H3,(H,16,18)/t8?,10-/m0/s1. The van der Waals surface area contributed by atoms with E-state index in [0.717, 1.165) is 6.07 Å². The van der Waals surface area contributed by atoms with Crippen LogP contribution in [0.3, 0.4) is 0 Å². The summed E-state index contributed by atoms with van der Waals surface area (Å²) in [6.45, 7) is 1.17. The smallest absolute Gasteiger partial charge is 0.238 e. The number of rotatable bonds is 5. The zero-order chi connectivity index (χ0) is 13.7. The molecule has 0 bridgehead atoms. The van der Waals surface area contributed by atoms with E-state index in [2.05, 4.69) is 5.32 Å². The summed E-state index contributed by atoms with van der Waals surface area (Å²) < 4.78 is 26.5. The number of carbonyl (C=O) groups excluding carboxylic acids is 1. The lowest BCUT2D eigenvalue weighted by Gasteiger charge is -2.19. The molecule has 0 aliphatic rings. The van der Waals surface area contributed by atoms with Gasteiger partial charge in [-0.3, -0.25) is 4.79 Å². The molecule has 0 fully saturated rings. The molecule has 0 aliphatic heterocycles. The second-order valence-corrected chi connectivity index (χ2v) is 4.29. The molecule has 1 amide bonds. The van der Waals surface area contributed by atoms with E-state index in [0.29, 0.717) is 6.42 Å². The third-order valence-electron chi connectivity index (χ3n) is 2.50. The third-order valence-corrected chi connectivity index (χ3v) is 3.01. The predicted molar refractivity (Wildman–Crippen MR) is 64.3 cm³/mol. The molecular formula is C12H14ClF2NO2. The van der Waals surface area contributed by atoms with Gasteiger partial charge in [0.25, 0.3) is 0 Å². The van der Waals surface area contributed by atoms with Gasteiger partial charge in [-0.2, -0.15) is 0 Å². The van der Waals surface area contributed by atoms with Gasteiger partial charge in [0.1, 0.15) is 5.38 Å². The fourth-order valence-electron chi connectivity index (χ4n) is 1.46. The Morgan fingerprint density at radius 3 is 2.72 bits per heavy atom. The highest BCUT2D eigenvalue weighted by atomic mass is 35.5. The number of aliphatic hydroxyl groups is 1. The van der Waals surface area contributed by atoms with Crippen molar-refractivity contribution < 1.29 is 18.7 Å². The summed E-state index contributed by atoms with van der Waals surface area (Å²) in [7, 11) is 0. The molecule has 2 N–H and O–H groups in total. The number of carbonyl (C=O) groups is 1. The van der Waals surface area contributed by atoms with Crippen LogP contribution in [0.4, 0.5) is 8.78 Å². The summed E-state index contributed by atoms with van der Waals surface area (Å²) in [5.74, 6) is -2.64. The minimum atomic E-state index is -1.08. The molecule has 1 aromatic carbocycles. The van der Waals surface area contributed by atoms with Crippen LogP contribution in [0.25, 0.3) is 0 Å². The first-order chi connectivity index (χ1) is 8.51. The monoisotopic (exact) mass is 277 g/mol. The van der Waals surface area contributed by atoms with Crippen LogP contribution in [0.2, 0.25) is 0 Å². The molecule has 1 unspecified atom stereocenters. The fourth-order valence-corrected chi connectivity index (χ4v) is 1.52. The number of alkyl halides is 1. The molecular weight excluding hydrogens is 264 g/mol. The van der Waals surface area contributed by atoms with Crippen molar-refractivity contribution in [3.8, 4) is 0 Å². The van der Waals surface area contributed by atoms with Crippen LogP contribution in [-0.2, 0) is 4.79 Å². The molecule has 0 spiro atoms. The molecule has 2 atom stereocenters. The molecule has 100 valence electrons. The second kappa shape index (κ2) is 6.66. The van der Waals surface area contributed by atoms with E-state index in [4.69, 9.17) is 16.7 Å². The maximum absolute atomic E-state index is 13.5. The summed E-state index contributed by atoms with van der Waals surface area (Å²) in [6.07, 6.45) is 0.400. The Kier molecular flexibility index (Phi) is 5.50. The van der Waals surface area contributed by atoms with Crippen LogP contribution >= 0.6 is 11.6 Å². The molecule has 0 heterocycles. The maximum Gasteiger partial charge on any atom is 0.238 e. The van der Waals surface area contributed by atoms with Crippen LogP contribution in [0.1, 0.15) is 24.9 Å². The molecule has 18 heavy (non-hydrogen) atoms. The average molecular weight is 278 g/mol. The molecule has 3 nitrogen and oxygen atoms in total. The summed E-state index contributed by atoms with van der Waals surface area (Å²) in [6, 6.07) is 2.56. The summed E-state index contributed by atoms with van der Waals surface area (Å²) in [4.78, 5) is 11.5. The number of amides is 1. The Labute approximate surface area is 109 Å². The maximum atomic E-state index is 13.5. The number of nitrogens with one attached hydrogen (secondary N) is 1. The number of hydrogen-bond donors (Lipinski definition) is 2. The zero-order valence-electron chi connectivity index (χ0n) is 9.79. The molecule has 0 aliphatic carbocycles. The molecule has 0 saturated heterocycles. The van der Waals surface area contributed by atoms with E-state index in [-0.39, 0.29) is 5.56 Å². The normalized spacial score (nSPS) is 14.1. The molecule has 0 saturated carbocycles. The van der Waals surface area contributed by atoms with Gasteiger partial charge in [0.05, 0.1) is 12.6 Å². The van der Waals surface area contributed by atoms with Gasteiger partial charge >= 0.3 is 0 Å². The molecule has 1 aromatic rings. The van der Waals surface area contributed by atoms with Crippen molar-refractivity contribution in [3.05, 3.63) is 35.4 Å². The Balaban J connectivity index is 2.90. The van der Waals surface area contributed by atoms with Gasteiger partial charge in [0.2, 0.25) is 5.91 Å². The Bertz CT molecular complexity index is 429. The van der Waals surface area contributed by atoms with Crippen molar-refractivity contribution in [3.63, 3.8) is 0 Å². The van der Waals surface area contributed by atoms with Crippen molar-refractivity contribution >= 4 is 17.5 Å². The predicted octanol–water partition coefficient (Wildman–Crippen LogP) is 2.13. The number of halogens is 3. The van der Waals surface area contributed by atoms with Crippen molar-refractivity contribution in [2.24, 2.45) is 0 Å². The molecule has 1 rings (SSSR count).